The van der Waals surface area contributed by atoms with Crippen molar-refractivity contribution >= 4 is 33.3 Å². The second kappa shape index (κ2) is 13.0. The Morgan fingerprint density at radius 1 is 0.328 bits per heavy atom. The smallest absolute Gasteiger partial charge is 0.160 e. The third-order valence-corrected chi connectivity index (χ3v) is 13.4. The third-order valence-electron chi connectivity index (χ3n) is 12.2. The number of nitrogens with zero attached hydrogens (tertiary/aromatic N) is 2. The molecule has 0 saturated heterocycles. The number of benzene rings is 9. The zero-order chi connectivity index (χ0) is 38.2. The number of fused-ring (bicyclic) bond motifs is 13. The van der Waals surface area contributed by atoms with Gasteiger partial charge in [0.2, 0.25) is 0 Å². The van der Waals surface area contributed by atoms with E-state index in [9.17, 15) is 0 Å². The maximum absolute atomic E-state index is 5.10. The van der Waals surface area contributed by atoms with Gasteiger partial charge in [-0.1, -0.05) is 206 Å². The topological polar surface area (TPSA) is 25.8 Å². The molecule has 1 spiro atoms. The summed E-state index contributed by atoms with van der Waals surface area (Å²) in [6, 6.07) is 75.1. The Morgan fingerprint density at radius 3 is 1.48 bits per heavy atom. The van der Waals surface area contributed by atoms with Gasteiger partial charge in [0.15, 0.2) is 5.82 Å². The Labute approximate surface area is 341 Å². The molecule has 1 aliphatic heterocycles. The van der Waals surface area contributed by atoms with E-state index >= 15 is 0 Å². The van der Waals surface area contributed by atoms with Crippen molar-refractivity contribution in [1.82, 2.24) is 9.97 Å². The molecule has 0 bridgehead atoms. The van der Waals surface area contributed by atoms with Gasteiger partial charge in [-0.05, 0) is 78.2 Å². The Kier molecular flexibility index (Phi) is 7.41. The molecule has 270 valence electrons. The van der Waals surface area contributed by atoms with E-state index in [4.69, 9.17) is 9.97 Å². The summed E-state index contributed by atoms with van der Waals surface area (Å²) in [5.41, 5.74) is 14.8. The molecule has 1 aromatic heterocycles. The molecule has 1 aliphatic carbocycles. The maximum atomic E-state index is 5.10. The van der Waals surface area contributed by atoms with Crippen LogP contribution in [0, 0.1) is 0 Å². The molecule has 0 N–H and O–H groups in total. The van der Waals surface area contributed by atoms with Crippen molar-refractivity contribution in [3.63, 3.8) is 0 Å². The molecular weight excluding hydrogens is 721 g/mol. The highest BCUT2D eigenvalue weighted by atomic mass is 32.2. The molecule has 10 aromatic rings. The van der Waals surface area contributed by atoms with E-state index in [0.29, 0.717) is 0 Å². The number of rotatable bonds is 4. The van der Waals surface area contributed by atoms with Crippen molar-refractivity contribution in [3.05, 3.63) is 229 Å². The van der Waals surface area contributed by atoms with Crippen molar-refractivity contribution in [2.45, 2.75) is 15.2 Å². The summed E-state index contributed by atoms with van der Waals surface area (Å²) in [4.78, 5) is 12.8. The molecule has 0 fully saturated rings. The second-order valence-corrected chi connectivity index (χ2v) is 16.3. The minimum atomic E-state index is -0.492. The van der Waals surface area contributed by atoms with Gasteiger partial charge < -0.3 is 0 Å². The zero-order valence-electron chi connectivity index (χ0n) is 31.4. The number of hydrogen-bond donors (Lipinski definition) is 0. The average Bonchev–Trinajstić information content (AvgIpc) is 3.59. The van der Waals surface area contributed by atoms with E-state index < -0.39 is 5.41 Å². The second-order valence-electron chi connectivity index (χ2n) is 15.3. The van der Waals surface area contributed by atoms with E-state index in [2.05, 4.69) is 182 Å². The standard InChI is InChI=1S/C55H34N2S/c1-3-15-38(16-4-1)50-34-51(57-54(56-50)40-17-5-2-6-18-40)39-25-23-35(24-26-39)41-27-30-45-44-21-11-12-22-46(44)55(49(45)33-41)47-31-28-36-13-7-9-19-42(36)52(47)58-53-43-20-10-8-14-37(43)29-32-48(53)55/h1-34H. The Bertz CT molecular complexity index is 3100. The molecule has 0 radical (unpaired) electrons. The molecule has 0 saturated carbocycles. The summed E-state index contributed by atoms with van der Waals surface area (Å²) in [6.45, 7) is 0. The van der Waals surface area contributed by atoms with Gasteiger partial charge >= 0.3 is 0 Å². The minimum absolute atomic E-state index is 0.492. The summed E-state index contributed by atoms with van der Waals surface area (Å²) in [5.74, 6) is 0.719. The SMILES string of the molecule is c1ccc(-c2cc(-c3ccc(-c4ccc5c(c4)C4(c6ccccc6-5)c5ccc6ccccc6c5Sc5c4ccc4ccccc54)cc3)nc(-c3ccccc3)n2)cc1. The van der Waals surface area contributed by atoms with Gasteiger partial charge in [0.25, 0.3) is 0 Å². The van der Waals surface area contributed by atoms with Crippen molar-refractivity contribution in [3.8, 4) is 56.2 Å². The van der Waals surface area contributed by atoms with Crippen LogP contribution in [0.1, 0.15) is 22.3 Å². The summed E-state index contributed by atoms with van der Waals surface area (Å²) >= 11 is 1.94. The quantitative estimate of drug-likeness (QED) is 0.179. The third kappa shape index (κ3) is 4.93. The highest BCUT2D eigenvalue weighted by Crippen LogP contribution is 2.64. The maximum Gasteiger partial charge on any atom is 0.160 e. The molecule has 0 unspecified atom stereocenters. The molecule has 2 nitrogen and oxygen atoms in total. The van der Waals surface area contributed by atoms with Crippen LogP contribution in [0.25, 0.3) is 77.7 Å². The highest BCUT2D eigenvalue weighted by molar-refractivity contribution is 8.00. The van der Waals surface area contributed by atoms with Crippen LogP contribution in [0.4, 0.5) is 0 Å². The van der Waals surface area contributed by atoms with Crippen molar-refractivity contribution in [2.24, 2.45) is 0 Å². The van der Waals surface area contributed by atoms with Gasteiger partial charge in [0.1, 0.15) is 0 Å². The van der Waals surface area contributed by atoms with Crippen LogP contribution in [-0.2, 0) is 5.41 Å². The van der Waals surface area contributed by atoms with Gasteiger partial charge in [-0.3, -0.25) is 0 Å². The van der Waals surface area contributed by atoms with Crippen LogP contribution in [0.15, 0.2) is 216 Å². The minimum Gasteiger partial charge on any atom is -0.228 e. The molecule has 3 heteroatoms. The molecule has 0 amide bonds. The number of hydrogen-bond acceptors (Lipinski definition) is 3. The summed E-state index contributed by atoms with van der Waals surface area (Å²) in [5, 5.41) is 5.14. The van der Waals surface area contributed by atoms with Crippen LogP contribution < -0.4 is 0 Å². The molecule has 2 heterocycles. The Morgan fingerprint density at radius 2 is 0.828 bits per heavy atom. The van der Waals surface area contributed by atoms with Crippen LogP contribution in [0.3, 0.4) is 0 Å². The first-order valence-electron chi connectivity index (χ1n) is 19.8. The van der Waals surface area contributed by atoms with Gasteiger partial charge in [-0.15, -0.1) is 0 Å². The molecule has 12 rings (SSSR count). The summed E-state index contributed by atoms with van der Waals surface area (Å²) in [6.07, 6.45) is 0. The van der Waals surface area contributed by atoms with Crippen LogP contribution in [0.2, 0.25) is 0 Å². The Hall–Kier alpha value is -7.07. The number of aromatic nitrogens is 2. The first-order valence-corrected chi connectivity index (χ1v) is 20.6. The lowest BCUT2D eigenvalue weighted by Crippen LogP contribution is -2.32. The van der Waals surface area contributed by atoms with Gasteiger partial charge in [0.05, 0.1) is 16.8 Å². The lowest BCUT2D eigenvalue weighted by molar-refractivity contribution is 0.729. The average molecular weight is 755 g/mol. The van der Waals surface area contributed by atoms with Gasteiger partial charge in [-0.2, -0.15) is 0 Å². The largest absolute Gasteiger partial charge is 0.228 e. The molecule has 0 atom stereocenters. The fourth-order valence-corrected chi connectivity index (χ4v) is 10.9. The fourth-order valence-electron chi connectivity index (χ4n) is 9.48. The van der Waals surface area contributed by atoms with E-state index in [1.54, 1.807) is 0 Å². The van der Waals surface area contributed by atoms with Crippen LogP contribution in [0.5, 0.6) is 0 Å². The molecule has 58 heavy (non-hydrogen) atoms. The molecule has 9 aromatic carbocycles. The van der Waals surface area contributed by atoms with E-state index in [0.717, 1.165) is 33.9 Å². The summed E-state index contributed by atoms with van der Waals surface area (Å²) in [7, 11) is 0. The van der Waals surface area contributed by atoms with E-state index in [1.165, 1.54) is 75.8 Å². The lowest BCUT2D eigenvalue weighted by Gasteiger charge is -2.40. The fraction of sp³-hybridized carbons (Fsp3) is 0.0182. The first-order chi connectivity index (χ1) is 28.7. The molecular formula is C55H34N2S. The van der Waals surface area contributed by atoms with E-state index in [1.807, 2.05) is 36.0 Å². The van der Waals surface area contributed by atoms with Gasteiger partial charge in [-0.25, -0.2) is 9.97 Å². The van der Waals surface area contributed by atoms with Crippen LogP contribution >= 0.6 is 11.8 Å². The normalized spacial score (nSPS) is 13.2. The van der Waals surface area contributed by atoms with E-state index in [-0.39, 0.29) is 0 Å². The first kappa shape index (κ1) is 33.1. The lowest BCUT2D eigenvalue weighted by atomic mass is 9.66. The summed E-state index contributed by atoms with van der Waals surface area (Å²) < 4.78 is 0. The zero-order valence-corrected chi connectivity index (χ0v) is 32.2. The van der Waals surface area contributed by atoms with Crippen LogP contribution in [-0.4, -0.2) is 9.97 Å². The monoisotopic (exact) mass is 754 g/mol. The molecule has 2 aliphatic rings. The van der Waals surface area contributed by atoms with Crippen molar-refractivity contribution in [2.75, 3.05) is 0 Å². The predicted octanol–water partition coefficient (Wildman–Crippen LogP) is 14.3. The van der Waals surface area contributed by atoms with Gasteiger partial charge in [0, 0.05) is 26.5 Å². The van der Waals surface area contributed by atoms with Crippen molar-refractivity contribution in [1.29, 1.82) is 0 Å². The predicted molar refractivity (Wildman–Crippen MR) is 240 cm³/mol. The Balaban J connectivity index is 1.05. The van der Waals surface area contributed by atoms with Crippen molar-refractivity contribution < 1.29 is 0 Å². The highest BCUT2D eigenvalue weighted by Gasteiger charge is 2.51.